The number of aromatic nitrogens is 3. The predicted octanol–water partition coefficient (Wildman–Crippen LogP) is 4.35. The van der Waals surface area contributed by atoms with Gasteiger partial charge in [-0.15, -0.1) is 0 Å². The van der Waals surface area contributed by atoms with Gasteiger partial charge in [0.2, 0.25) is 5.75 Å². The largest absolute Gasteiger partial charge is 0.493 e. The van der Waals surface area contributed by atoms with Crippen molar-refractivity contribution in [3.05, 3.63) is 59.5 Å². The van der Waals surface area contributed by atoms with Crippen LogP contribution in [0, 0.1) is 0 Å². The molecule has 1 unspecified atom stereocenters. The molecule has 0 N–H and O–H groups in total. The maximum absolute atomic E-state index is 13.2. The lowest BCUT2D eigenvalue weighted by atomic mass is 9.82. The Balaban J connectivity index is 1.56. The summed E-state index contributed by atoms with van der Waals surface area (Å²) in [5, 5.41) is 4.46. The predicted molar refractivity (Wildman–Crippen MR) is 133 cm³/mol. The summed E-state index contributed by atoms with van der Waals surface area (Å²) in [7, 11) is 7.92. The molecule has 0 amide bonds. The Morgan fingerprint density at radius 2 is 1.50 bits per heavy atom. The molecular weight excluding hydrogens is 462 g/mol. The molecule has 9 heteroatoms. The lowest BCUT2D eigenvalue weighted by Crippen LogP contribution is -2.21. The Morgan fingerprint density at radius 3 is 2.14 bits per heavy atom. The Labute approximate surface area is 208 Å². The standard InChI is InChI=1S/C27H27N3O6/c1-32-22-7-6-15(10-23(22)33-2)18-13-28-30-14-19-20(29-27(18)30)8-16(9-21(19)31)17-11-24(34-3)26(36-5)25(12-17)35-4/h6-7,10-14,16H,8-9H2,1-5H3. The maximum atomic E-state index is 13.2. The van der Waals surface area contributed by atoms with Crippen LogP contribution in [0.2, 0.25) is 0 Å². The molecule has 0 saturated heterocycles. The minimum atomic E-state index is -0.0823. The highest BCUT2D eigenvalue weighted by molar-refractivity contribution is 5.99. The first-order chi connectivity index (χ1) is 17.5. The van der Waals surface area contributed by atoms with Crippen molar-refractivity contribution < 1.29 is 28.5 Å². The van der Waals surface area contributed by atoms with Gasteiger partial charge in [-0.1, -0.05) is 6.07 Å². The molecule has 1 atom stereocenters. The zero-order valence-electron chi connectivity index (χ0n) is 20.8. The number of carbonyl (C=O) groups excluding carboxylic acids is 1. The van der Waals surface area contributed by atoms with Crippen molar-refractivity contribution in [3.63, 3.8) is 0 Å². The molecule has 9 nitrogen and oxygen atoms in total. The van der Waals surface area contributed by atoms with Crippen LogP contribution in [0.25, 0.3) is 16.8 Å². The van der Waals surface area contributed by atoms with Crippen LogP contribution in [0.15, 0.2) is 42.7 Å². The van der Waals surface area contributed by atoms with Crippen molar-refractivity contribution in [1.29, 1.82) is 0 Å². The number of rotatable bonds is 7. The molecule has 0 aliphatic heterocycles. The molecule has 186 valence electrons. The zero-order chi connectivity index (χ0) is 25.4. The van der Waals surface area contributed by atoms with Crippen LogP contribution in [0.3, 0.4) is 0 Å². The summed E-state index contributed by atoms with van der Waals surface area (Å²) in [6.07, 6.45) is 4.46. The van der Waals surface area contributed by atoms with Gasteiger partial charge in [0.25, 0.3) is 0 Å². The number of nitrogens with zero attached hydrogens (tertiary/aromatic N) is 3. The average molecular weight is 490 g/mol. The van der Waals surface area contributed by atoms with Crippen LogP contribution in [0.4, 0.5) is 0 Å². The fourth-order valence-corrected chi connectivity index (χ4v) is 4.75. The number of methoxy groups -OCH3 is 5. The SMILES string of the molecule is COc1ccc(-c2cnn3cc4c(nc23)CC(c2cc(OC)c(OC)c(OC)c2)CC4=O)cc1OC. The third kappa shape index (κ3) is 3.86. The van der Waals surface area contributed by atoms with Crippen molar-refractivity contribution in [3.8, 4) is 39.9 Å². The Kier molecular flexibility index (Phi) is 6.13. The third-order valence-corrected chi connectivity index (χ3v) is 6.60. The van der Waals surface area contributed by atoms with E-state index in [2.05, 4.69) is 5.10 Å². The summed E-state index contributed by atoms with van der Waals surface area (Å²) in [5.41, 5.74) is 4.64. The Morgan fingerprint density at radius 1 is 0.806 bits per heavy atom. The van der Waals surface area contributed by atoms with Crippen molar-refractivity contribution in [2.45, 2.75) is 18.8 Å². The highest BCUT2D eigenvalue weighted by Gasteiger charge is 2.30. The molecule has 2 heterocycles. The summed E-state index contributed by atoms with van der Waals surface area (Å²) >= 11 is 0. The van der Waals surface area contributed by atoms with E-state index < -0.39 is 0 Å². The van der Waals surface area contributed by atoms with Gasteiger partial charge in [-0.3, -0.25) is 4.79 Å². The van der Waals surface area contributed by atoms with E-state index in [1.54, 1.807) is 52.5 Å². The summed E-state index contributed by atoms with van der Waals surface area (Å²) in [4.78, 5) is 18.1. The van der Waals surface area contributed by atoms with Crippen LogP contribution < -0.4 is 23.7 Å². The highest BCUT2D eigenvalue weighted by atomic mass is 16.5. The average Bonchev–Trinajstić information content (AvgIpc) is 3.33. The quantitative estimate of drug-likeness (QED) is 0.378. The number of carbonyl (C=O) groups is 1. The molecule has 1 aliphatic carbocycles. The molecular formula is C27H27N3O6. The maximum Gasteiger partial charge on any atom is 0.203 e. The summed E-state index contributed by atoms with van der Waals surface area (Å²) in [6.45, 7) is 0. The molecule has 2 aromatic heterocycles. The van der Waals surface area contributed by atoms with Gasteiger partial charge in [0, 0.05) is 18.2 Å². The van der Waals surface area contributed by atoms with Crippen LogP contribution in [-0.4, -0.2) is 55.9 Å². The number of fused-ring (bicyclic) bond motifs is 2. The fourth-order valence-electron chi connectivity index (χ4n) is 4.75. The van der Waals surface area contributed by atoms with E-state index in [9.17, 15) is 4.79 Å². The minimum absolute atomic E-state index is 0.0209. The number of ether oxygens (including phenoxy) is 5. The number of Topliss-reactive ketones (excluding diaryl/α,β-unsaturated/α-hetero) is 1. The molecule has 0 fully saturated rings. The molecule has 0 bridgehead atoms. The summed E-state index contributed by atoms with van der Waals surface area (Å²) in [5.74, 6) is 2.82. The Hall–Kier alpha value is -4.27. The van der Waals surface area contributed by atoms with Gasteiger partial charge in [0.15, 0.2) is 34.4 Å². The number of ketones is 1. The van der Waals surface area contributed by atoms with Gasteiger partial charge in [-0.25, -0.2) is 9.50 Å². The number of benzene rings is 2. The minimum Gasteiger partial charge on any atom is -0.493 e. The van der Waals surface area contributed by atoms with Gasteiger partial charge in [-0.05, 0) is 47.7 Å². The second-order valence-electron chi connectivity index (χ2n) is 8.48. The van der Waals surface area contributed by atoms with E-state index in [0.717, 1.165) is 22.4 Å². The van der Waals surface area contributed by atoms with Gasteiger partial charge < -0.3 is 23.7 Å². The number of hydrogen-bond donors (Lipinski definition) is 0. The van der Waals surface area contributed by atoms with Crippen LogP contribution in [0.1, 0.15) is 34.0 Å². The van der Waals surface area contributed by atoms with E-state index >= 15 is 0 Å². The van der Waals surface area contributed by atoms with Crippen molar-refractivity contribution >= 4 is 11.4 Å². The summed E-state index contributed by atoms with van der Waals surface area (Å²) < 4.78 is 29.0. The Bertz CT molecular complexity index is 1440. The first kappa shape index (κ1) is 23.5. The molecule has 0 radical (unpaired) electrons. The monoisotopic (exact) mass is 489 g/mol. The molecule has 4 aromatic rings. The van der Waals surface area contributed by atoms with Crippen LogP contribution in [-0.2, 0) is 6.42 Å². The lowest BCUT2D eigenvalue weighted by molar-refractivity contribution is 0.0962. The van der Waals surface area contributed by atoms with Crippen molar-refractivity contribution in [1.82, 2.24) is 14.6 Å². The lowest BCUT2D eigenvalue weighted by Gasteiger charge is -2.24. The van der Waals surface area contributed by atoms with E-state index in [1.807, 2.05) is 30.3 Å². The van der Waals surface area contributed by atoms with Crippen LogP contribution in [0.5, 0.6) is 28.7 Å². The van der Waals surface area contributed by atoms with E-state index in [0.29, 0.717) is 52.8 Å². The molecule has 0 spiro atoms. The smallest absolute Gasteiger partial charge is 0.203 e. The third-order valence-electron chi connectivity index (χ3n) is 6.60. The highest BCUT2D eigenvalue weighted by Crippen LogP contribution is 2.43. The zero-order valence-corrected chi connectivity index (χ0v) is 20.8. The fraction of sp³-hybridized carbons (Fsp3) is 0.296. The van der Waals surface area contributed by atoms with Gasteiger partial charge >= 0.3 is 0 Å². The second kappa shape index (κ2) is 9.41. The first-order valence-corrected chi connectivity index (χ1v) is 11.4. The van der Waals surface area contributed by atoms with Gasteiger partial charge in [0.05, 0.1) is 53.0 Å². The van der Waals surface area contributed by atoms with E-state index in [4.69, 9.17) is 28.7 Å². The van der Waals surface area contributed by atoms with Crippen molar-refractivity contribution in [2.75, 3.05) is 35.5 Å². The van der Waals surface area contributed by atoms with Gasteiger partial charge in [0.1, 0.15) is 0 Å². The molecule has 36 heavy (non-hydrogen) atoms. The molecule has 2 aromatic carbocycles. The van der Waals surface area contributed by atoms with Crippen molar-refractivity contribution in [2.24, 2.45) is 0 Å². The van der Waals surface area contributed by atoms with E-state index in [-0.39, 0.29) is 11.7 Å². The topological polar surface area (TPSA) is 93.4 Å². The molecule has 5 rings (SSSR count). The van der Waals surface area contributed by atoms with Gasteiger partial charge in [-0.2, -0.15) is 5.10 Å². The van der Waals surface area contributed by atoms with Crippen LogP contribution >= 0.6 is 0 Å². The normalized spacial score (nSPS) is 14.9. The molecule has 0 saturated carbocycles. The summed E-state index contributed by atoms with van der Waals surface area (Å²) in [6, 6.07) is 9.47. The second-order valence-corrected chi connectivity index (χ2v) is 8.48. The number of hydrogen-bond acceptors (Lipinski definition) is 8. The van der Waals surface area contributed by atoms with E-state index in [1.165, 1.54) is 0 Å². The first-order valence-electron chi connectivity index (χ1n) is 11.4. The molecule has 1 aliphatic rings.